The Morgan fingerprint density at radius 3 is 2.72 bits per heavy atom. The maximum absolute atomic E-state index is 12.8. The summed E-state index contributed by atoms with van der Waals surface area (Å²) >= 11 is 5.70. The molecule has 0 fully saturated rings. The Kier molecular flexibility index (Phi) is 5.52. The van der Waals surface area contributed by atoms with Crippen molar-refractivity contribution in [1.82, 2.24) is 4.72 Å². The van der Waals surface area contributed by atoms with Crippen molar-refractivity contribution >= 4 is 21.6 Å². The maximum Gasteiger partial charge on any atom is 0.242 e. The zero-order valence-electron chi connectivity index (χ0n) is 9.86. The molecule has 2 N–H and O–H groups in total. The van der Waals surface area contributed by atoms with Crippen LogP contribution in [0.15, 0.2) is 23.1 Å². The molecule has 1 rings (SSSR count). The fourth-order valence-corrected chi connectivity index (χ4v) is 3.29. The maximum atomic E-state index is 12.8. The minimum atomic E-state index is -3.77. The number of halogens is 2. The van der Waals surface area contributed by atoms with Crippen molar-refractivity contribution < 1.29 is 17.9 Å². The molecule has 0 aromatic heterocycles. The van der Waals surface area contributed by atoms with Gasteiger partial charge in [0.1, 0.15) is 10.7 Å². The summed E-state index contributed by atoms with van der Waals surface area (Å²) < 4.78 is 39.2. The van der Waals surface area contributed by atoms with Crippen molar-refractivity contribution in [3.63, 3.8) is 0 Å². The van der Waals surface area contributed by atoms with Gasteiger partial charge < -0.3 is 5.11 Å². The average molecular weight is 296 g/mol. The first-order chi connectivity index (χ1) is 8.36. The molecule has 0 heterocycles. The number of hydrogen-bond acceptors (Lipinski definition) is 3. The lowest BCUT2D eigenvalue weighted by Gasteiger charge is -2.14. The highest BCUT2D eigenvalue weighted by molar-refractivity contribution is 7.89. The molecule has 1 atom stereocenters. The summed E-state index contributed by atoms with van der Waals surface area (Å²) in [5.74, 6) is -0.590. The summed E-state index contributed by atoms with van der Waals surface area (Å²) in [6, 6.07) is 2.79. The Morgan fingerprint density at radius 2 is 2.17 bits per heavy atom. The Labute approximate surface area is 111 Å². The minimum Gasteiger partial charge on any atom is -0.396 e. The van der Waals surface area contributed by atoms with Gasteiger partial charge in [-0.25, -0.2) is 17.5 Å². The molecule has 0 amide bonds. The third-order valence-corrected chi connectivity index (χ3v) is 4.41. The lowest BCUT2D eigenvalue weighted by molar-refractivity contribution is 0.279. The van der Waals surface area contributed by atoms with Crippen LogP contribution in [-0.4, -0.2) is 26.2 Å². The Balaban J connectivity index is 2.86. The number of nitrogens with one attached hydrogen (secondary N) is 1. The van der Waals surface area contributed by atoms with Crippen LogP contribution in [0.4, 0.5) is 4.39 Å². The highest BCUT2D eigenvalue weighted by Gasteiger charge is 2.20. The second-order valence-corrected chi connectivity index (χ2v) is 6.05. The summed E-state index contributed by atoms with van der Waals surface area (Å²) in [7, 11) is -3.77. The molecule has 102 valence electrons. The van der Waals surface area contributed by atoms with Crippen molar-refractivity contribution in [3.8, 4) is 0 Å². The van der Waals surface area contributed by atoms with Gasteiger partial charge in [-0.3, -0.25) is 0 Å². The number of rotatable bonds is 6. The molecule has 1 aromatic carbocycles. The lowest BCUT2D eigenvalue weighted by Crippen LogP contribution is -2.32. The van der Waals surface area contributed by atoms with Crippen LogP contribution in [0.5, 0.6) is 0 Å². The van der Waals surface area contributed by atoms with E-state index in [9.17, 15) is 12.8 Å². The molecule has 0 bridgehead atoms. The van der Waals surface area contributed by atoms with E-state index in [2.05, 4.69) is 4.72 Å². The average Bonchev–Trinajstić information content (AvgIpc) is 2.25. The number of hydrogen-bond donors (Lipinski definition) is 2. The van der Waals surface area contributed by atoms with E-state index in [0.29, 0.717) is 12.8 Å². The Bertz CT molecular complexity index is 507. The van der Waals surface area contributed by atoms with Gasteiger partial charge in [0.25, 0.3) is 0 Å². The molecular weight excluding hydrogens is 281 g/mol. The van der Waals surface area contributed by atoms with Crippen molar-refractivity contribution in [2.45, 2.75) is 30.7 Å². The Morgan fingerprint density at radius 1 is 1.50 bits per heavy atom. The lowest BCUT2D eigenvalue weighted by atomic mass is 10.2. The van der Waals surface area contributed by atoms with Gasteiger partial charge in [-0.05, 0) is 38.0 Å². The van der Waals surface area contributed by atoms with Gasteiger partial charge in [-0.15, -0.1) is 0 Å². The largest absolute Gasteiger partial charge is 0.396 e. The number of sulfonamides is 1. The highest BCUT2D eigenvalue weighted by Crippen LogP contribution is 2.22. The topological polar surface area (TPSA) is 66.4 Å². The zero-order chi connectivity index (χ0) is 13.8. The molecule has 0 saturated carbocycles. The SMILES string of the molecule is CC(CCCO)NS(=O)(=O)c1ccc(F)cc1Cl. The van der Waals surface area contributed by atoms with E-state index < -0.39 is 15.8 Å². The fraction of sp³-hybridized carbons (Fsp3) is 0.455. The Hall–Kier alpha value is -0.690. The summed E-state index contributed by atoms with van der Waals surface area (Å²) in [5, 5.41) is 8.51. The monoisotopic (exact) mass is 295 g/mol. The van der Waals surface area contributed by atoms with Crippen LogP contribution in [0, 0.1) is 5.82 Å². The van der Waals surface area contributed by atoms with E-state index in [0.717, 1.165) is 18.2 Å². The minimum absolute atomic E-state index is 0.00335. The molecule has 7 heteroatoms. The van der Waals surface area contributed by atoms with E-state index in [1.807, 2.05) is 0 Å². The summed E-state index contributed by atoms with van der Waals surface area (Å²) in [4.78, 5) is -0.151. The molecule has 18 heavy (non-hydrogen) atoms. The van der Waals surface area contributed by atoms with Crippen molar-refractivity contribution in [2.75, 3.05) is 6.61 Å². The van der Waals surface area contributed by atoms with Crippen LogP contribution < -0.4 is 4.72 Å². The van der Waals surface area contributed by atoms with Crippen LogP contribution in [0.2, 0.25) is 5.02 Å². The number of aliphatic hydroxyl groups is 1. The first-order valence-corrected chi connectivity index (χ1v) is 7.31. The quantitative estimate of drug-likeness (QED) is 0.842. The van der Waals surface area contributed by atoms with Crippen LogP contribution in [0.25, 0.3) is 0 Å². The normalized spacial score (nSPS) is 13.6. The predicted octanol–water partition coefficient (Wildman–Crippen LogP) is 1.92. The van der Waals surface area contributed by atoms with Gasteiger partial charge in [-0.1, -0.05) is 11.6 Å². The van der Waals surface area contributed by atoms with Gasteiger partial charge in [0, 0.05) is 12.6 Å². The molecule has 0 aliphatic rings. The molecular formula is C11H15ClFNO3S. The zero-order valence-corrected chi connectivity index (χ0v) is 11.4. The van der Waals surface area contributed by atoms with E-state index in [1.165, 1.54) is 0 Å². The van der Waals surface area contributed by atoms with Gasteiger partial charge in [0.2, 0.25) is 10.0 Å². The number of benzene rings is 1. The van der Waals surface area contributed by atoms with E-state index in [1.54, 1.807) is 6.92 Å². The summed E-state index contributed by atoms with van der Waals surface area (Å²) in [5.41, 5.74) is 0. The molecule has 0 saturated heterocycles. The van der Waals surface area contributed by atoms with E-state index in [-0.39, 0.29) is 22.6 Å². The second kappa shape index (κ2) is 6.47. The third kappa shape index (κ3) is 4.20. The number of aliphatic hydroxyl groups excluding tert-OH is 1. The van der Waals surface area contributed by atoms with Crippen molar-refractivity contribution in [3.05, 3.63) is 29.0 Å². The first-order valence-electron chi connectivity index (χ1n) is 5.45. The molecule has 4 nitrogen and oxygen atoms in total. The van der Waals surface area contributed by atoms with Crippen LogP contribution in [0.1, 0.15) is 19.8 Å². The molecule has 0 aliphatic heterocycles. The predicted molar refractivity (Wildman–Crippen MR) is 67.5 cm³/mol. The summed E-state index contributed by atoms with van der Waals surface area (Å²) in [6.45, 7) is 1.69. The third-order valence-electron chi connectivity index (χ3n) is 2.34. The molecule has 1 unspecified atom stereocenters. The van der Waals surface area contributed by atoms with Gasteiger partial charge in [0.15, 0.2) is 0 Å². The van der Waals surface area contributed by atoms with Gasteiger partial charge in [-0.2, -0.15) is 0 Å². The van der Waals surface area contributed by atoms with Crippen molar-refractivity contribution in [2.24, 2.45) is 0 Å². The van der Waals surface area contributed by atoms with Crippen LogP contribution in [0.3, 0.4) is 0 Å². The van der Waals surface area contributed by atoms with Crippen molar-refractivity contribution in [1.29, 1.82) is 0 Å². The highest BCUT2D eigenvalue weighted by atomic mass is 35.5. The molecule has 0 aliphatic carbocycles. The fourth-order valence-electron chi connectivity index (χ4n) is 1.48. The smallest absolute Gasteiger partial charge is 0.242 e. The van der Waals surface area contributed by atoms with E-state index >= 15 is 0 Å². The first kappa shape index (κ1) is 15.4. The molecule has 1 aromatic rings. The molecule has 0 spiro atoms. The van der Waals surface area contributed by atoms with Gasteiger partial charge >= 0.3 is 0 Å². The van der Waals surface area contributed by atoms with Crippen LogP contribution >= 0.6 is 11.6 Å². The summed E-state index contributed by atoms with van der Waals surface area (Å²) in [6.07, 6.45) is 1.01. The molecule has 0 radical (unpaired) electrons. The van der Waals surface area contributed by atoms with Crippen LogP contribution in [-0.2, 0) is 10.0 Å². The van der Waals surface area contributed by atoms with E-state index in [4.69, 9.17) is 16.7 Å². The standard InChI is InChI=1S/C11H15ClFNO3S/c1-8(3-2-6-15)14-18(16,17)11-5-4-9(13)7-10(11)12/h4-5,7-8,14-15H,2-3,6H2,1H3. The van der Waals surface area contributed by atoms with Gasteiger partial charge in [0.05, 0.1) is 5.02 Å². The second-order valence-electron chi connectivity index (χ2n) is 3.96.